The molecule has 3 aliphatic rings. The molecule has 1 aromatic carbocycles. The number of halogens is 1. The molecule has 3 aliphatic carbocycles. The summed E-state index contributed by atoms with van der Waals surface area (Å²) in [5.41, 5.74) is 8.24. The first kappa shape index (κ1) is 11.5. The van der Waals surface area contributed by atoms with E-state index >= 15 is 0 Å². The number of allylic oxidation sites excluding steroid dienone is 7. The first-order valence-electron chi connectivity index (χ1n) is 6.85. The second-order valence-electron chi connectivity index (χ2n) is 5.56. The molecule has 19 heavy (non-hydrogen) atoms. The largest absolute Gasteiger partial charge is 0.0908 e. The Bertz CT molecular complexity index is 686. The molecule has 1 unspecified atom stereocenters. The lowest BCUT2D eigenvalue weighted by Gasteiger charge is -2.26. The summed E-state index contributed by atoms with van der Waals surface area (Å²) in [7, 11) is 0. The zero-order valence-corrected chi connectivity index (χ0v) is 12.3. The summed E-state index contributed by atoms with van der Waals surface area (Å²) in [6.07, 6.45) is 10.7. The molecule has 0 aliphatic heterocycles. The van der Waals surface area contributed by atoms with Gasteiger partial charge in [0.25, 0.3) is 0 Å². The van der Waals surface area contributed by atoms with Gasteiger partial charge in [-0.15, -0.1) is 0 Å². The van der Waals surface area contributed by atoms with Gasteiger partial charge in [0.05, 0.1) is 0 Å². The Labute approximate surface area is 122 Å². The van der Waals surface area contributed by atoms with Crippen molar-refractivity contribution in [3.63, 3.8) is 0 Å². The van der Waals surface area contributed by atoms with Gasteiger partial charge in [-0.05, 0) is 59.1 Å². The summed E-state index contributed by atoms with van der Waals surface area (Å²) in [6, 6.07) is 6.43. The Kier molecular flexibility index (Phi) is 2.46. The van der Waals surface area contributed by atoms with E-state index in [-0.39, 0.29) is 0 Å². The SMILES string of the molecule is C=C1C2=C(C=C3C=CCCC3C2)c2c(Br)cccc21. The molecular weight excluding hydrogens is 296 g/mol. The molecule has 0 saturated heterocycles. The second-order valence-corrected chi connectivity index (χ2v) is 6.41. The molecule has 1 aromatic rings. The molecule has 0 heterocycles. The molecule has 0 saturated carbocycles. The average molecular weight is 311 g/mol. The van der Waals surface area contributed by atoms with Crippen LogP contribution in [0.15, 0.2) is 58.6 Å². The fourth-order valence-corrected chi connectivity index (χ4v) is 4.12. The molecule has 4 rings (SSSR count). The zero-order chi connectivity index (χ0) is 13.0. The third-order valence-corrected chi connectivity index (χ3v) is 5.18. The molecule has 1 atom stereocenters. The molecular formula is C18H15Br. The number of hydrogen-bond acceptors (Lipinski definition) is 0. The highest BCUT2D eigenvalue weighted by Crippen LogP contribution is 2.51. The van der Waals surface area contributed by atoms with Gasteiger partial charge in [-0.25, -0.2) is 0 Å². The molecule has 0 N–H and O–H groups in total. The Morgan fingerprint density at radius 2 is 2.16 bits per heavy atom. The first-order chi connectivity index (χ1) is 9.25. The van der Waals surface area contributed by atoms with Crippen LogP contribution in [0, 0.1) is 5.92 Å². The molecule has 0 amide bonds. The molecule has 0 spiro atoms. The average Bonchev–Trinajstić information content (AvgIpc) is 2.71. The van der Waals surface area contributed by atoms with Crippen LogP contribution < -0.4 is 0 Å². The minimum Gasteiger partial charge on any atom is -0.0908 e. The third-order valence-electron chi connectivity index (χ3n) is 4.52. The van der Waals surface area contributed by atoms with E-state index in [1.807, 2.05) is 0 Å². The fraction of sp³-hybridized carbons (Fsp3) is 0.222. The maximum Gasteiger partial charge on any atom is 0.0260 e. The van der Waals surface area contributed by atoms with E-state index in [4.69, 9.17) is 0 Å². The maximum atomic E-state index is 4.33. The van der Waals surface area contributed by atoms with Gasteiger partial charge in [0, 0.05) is 10.0 Å². The topological polar surface area (TPSA) is 0 Å². The van der Waals surface area contributed by atoms with E-state index in [9.17, 15) is 0 Å². The predicted octanol–water partition coefficient (Wildman–Crippen LogP) is 5.53. The van der Waals surface area contributed by atoms with Gasteiger partial charge in [-0.1, -0.05) is 52.9 Å². The van der Waals surface area contributed by atoms with Gasteiger partial charge in [-0.3, -0.25) is 0 Å². The highest BCUT2D eigenvalue weighted by Gasteiger charge is 2.32. The number of rotatable bonds is 0. The number of benzene rings is 1. The van der Waals surface area contributed by atoms with Gasteiger partial charge in [-0.2, -0.15) is 0 Å². The lowest BCUT2D eigenvalue weighted by molar-refractivity contribution is 0.560. The Hall–Kier alpha value is -1.34. The molecule has 0 aromatic heterocycles. The molecule has 0 radical (unpaired) electrons. The quantitative estimate of drug-likeness (QED) is 0.591. The van der Waals surface area contributed by atoms with Crippen LogP contribution in [-0.4, -0.2) is 0 Å². The van der Waals surface area contributed by atoms with E-state index in [1.54, 1.807) is 0 Å². The van der Waals surface area contributed by atoms with Gasteiger partial charge in [0.1, 0.15) is 0 Å². The van der Waals surface area contributed by atoms with Gasteiger partial charge < -0.3 is 0 Å². The fourth-order valence-electron chi connectivity index (χ4n) is 3.54. The lowest BCUT2D eigenvalue weighted by Crippen LogP contribution is -2.11. The predicted molar refractivity (Wildman–Crippen MR) is 84.7 cm³/mol. The van der Waals surface area contributed by atoms with Crippen LogP contribution in [0.2, 0.25) is 0 Å². The number of hydrogen-bond donors (Lipinski definition) is 0. The van der Waals surface area contributed by atoms with E-state index in [0.717, 1.165) is 6.42 Å². The highest BCUT2D eigenvalue weighted by atomic mass is 79.9. The van der Waals surface area contributed by atoms with Crippen molar-refractivity contribution in [2.75, 3.05) is 0 Å². The number of fused-ring (bicyclic) bond motifs is 3. The summed E-state index contributed by atoms with van der Waals surface area (Å²) < 4.78 is 1.19. The standard InChI is InChI=1S/C18H15Br/c1-11-14-7-4-8-17(19)18(14)16-10-13-6-3-2-5-12(13)9-15(11)16/h3-4,6-8,10,12H,1-2,5,9H2. The van der Waals surface area contributed by atoms with E-state index in [1.165, 1.54) is 50.7 Å². The summed E-state index contributed by atoms with van der Waals surface area (Å²) in [6.45, 7) is 4.33. The van der Waals surface area contributed by atoms with Crippen molar-refractivity contribution >= 4 is 27.1 Å². The van der Waals surface area contributed by atoms with E-state index in [0.29, 0.717) is 5.92 Å². The van der Waals surface area contributed by atoms with Crippen LogP contribution >= 0.6 is 15.9 Å². The lowest BCUT2D eigenvalue weighted by atomic mass is 9.78. The van der Waals surface area contributed by atoms with Crippen LogP contribution in [0.4, 0.5) is 0 Å². The summed E-state index contributed by atoms with van der Waals surface area (Å²) in [5, 5.41) is 0. The van der Waals surface area contributed by atoms with Crippen LogP contribution in [0.5, 0.6) is 0 Å². The van der Waals surface area contributed by atoms with Crippen LogP contribution in [0.25, 0.3) is 11.1 Å². The Morgan fingerprint density at radius 1 is 1.26 bits per heavy atom. The summed E-state index contributed by atoms with van der Waals surface area (Å²) >= 11 is 3.70. The molecule has 1 heteroatoms. The minimum atomic E-state index is 0.702. The van der Waals surface area contributed by atoms with Gasteiger partial charge in [0.15, 0.2) is 0 Å². The first-order valence-corrected chi connectivity index (χ1v) is 7.65. The summed E-state index contributed by atoms with van der Waals surface area (Å²) in [5.74, 6) is 0.702. The minimum absolute atomic E-state index is 0.702. The van der Waals surface area contributed by atoms with Crippen LogP contribution in [0.1, 0.15) is 30.4 Å². The van der Waals surface area contributed by atoms with Gasteiger partial charge >= 0.3 is 0 Å². The van der Waals surface area contributed by atoms with Crippen molar-refractivity contribution < 1.29 is 0 Å². The van der Waals surface area contributed by atoms with Crippen molar-refractivity contribution in [1.82, 2.24) is 0 Å². The zero-order valence-electron chi connectivity index (χ0n) is 10.7. The van der Waals surface area contributed by atoms with Gasteiger partial charge in [0.2, 0.25) is 0 Å². The third kappa shape index (κ3) is 1.58. The van der Waals surface area contributed by atoms with Crippen molar-refractivity contribution in [1.29, 1.82) is 0 Å². The van der Waals surface area contributed by atoms with E-state index in [2.05, 4.69) is 58.9 Å². The maximum absolute atomic E-state index is 4.33. The highest BCUT2D eigenvalue weighted by molar-refractivity contribution is 9.10. The monoisotopic (exact) mass is 310 g/mol. The molecule has 0 fully saturated rings. The van der Waals surface area contributed by atoms with E-state index < -0.39 is 0 Å². The normalized spacial score (nSPS) is 23.9. The Morgan fingerprint density at radius 3 is 3.05 bits per heavy atom. The molecule has 0 bridgehead atoms. The van der Waals surface area contributed by atoms with Crippen molar-refractivity contribution in [2.45, 2.75) is 19.3 Å². The molecule has 0 nitrogen and oxygen atoms in total. The van der Waals surface area contributed by atoms with Crippen LogP contribution in [-0.2, 0) is 0 Å². The van der Waals surface area contributed by atoms with Crippen molar-refractivity contribution in [2.24, 2.45) is 5.92 Å². The smallest absolute Gasteiger partial charge is 0.0260 e. The second kappa shape index (κ2) is 4.08. The summed E-state index contributed by atoms with van der Waals surface area (Å²) in [4.78, 5) is 0. The van der Waals surface area contributed by atoms with Crippen LogP contribution in [0.3, 0.4) is 0 Å². The molecule has 94 valence electrons. The van der Waals surface area contributed by atoms with Crippen molar-refractivity contribution in [3.8, 4) is 0 Å². The Balaban J connectivity index is 1.93. The van der Waals surface area contributed by atoms with Crippen molar-refractivity contribution in [3.05, 3.63) is 69.8 Å².